The molecule has 2 unspecified atom stereocenters. The average molecular weight is 1260 g/mol. The number of carbonyl (C=O) groups is 2. The van der Waals surface area contributed by atoms with Gasteiger partial charge in [-0.1, -0.05) is 403 Å². The third-order valence-corrected chi connectivity index (χ3v) is 19.1. The molecular formula is C84H159NO5. The minimum absolute atomic E-state index is 0.00601. The summed E-state index contributed by atoms with van der Waals surface area (Å²) in [5, 5.41) is 23.4. The van der Waals surface area contributed by atoms with Crippen LogP contribution in [0.5, 0.6) is 0 Å². The number of hydrogen-bond donors (Lipinski definition) is 3. The molecular weight excluding hydrogens is 1100 g/mol. The van der Waals surface area contributed by atoms with Gasteiger partial charge in [-0.15, -0.1) is 0 Å². The first-order chi connectivity index (χ1) is 44.5. The molecule has 0 bridgehead atoms. The van der Waals surface area contributed by atoms with E-state index in [-0.39, 0.29) is 18.5 Å². The number of unbranched alkanes of at least 4 members (excludes halogenated alkanes) is 58. The van der Waals surface area contributed by atoms with Gasteiger partial charge in [0.05, 0.1) is 25.4 Å². The van der Waals surface area contributed by atoms with Crippen LogP contribution in [0.15, 0.2) is 48.6 Å². The van der Waals surface area contributed by atoms with Gasteiger partial charge in [0, 0.05) is 12.8 Å². The molecule has 0 aromatic rings. The molecule has 0 aromatic heterocycles. The third kappa shape index (κ3) is 74.9. The van der Waals surface area contributed by atoms with E-state index in [0.29, 0.717) is 25.9 Å². The van der Waals surface area contributed by atoms with Crippen molar-refractivity contribution in [1.29, 1.82) is 0 Å². The summed E-state index contributed by atoms with van der Waals surface area (Å²) in [6.45, 7) is 4.95. The van der Waals surface area contributed by atoms with E-state index >= 15 is 0 Å². The van der Waals surface area contributed by atoms with Crippen LogP contribution in [0.3, 0.4) is 0 Å². The van der Waals surface area contributed by atoms with E-state index in [4.69, 9.17) is 4.74 Å². The van der Waals surface area contributed by atoms with E-state index in [9.17, 15) is 19.8 Å². The first kappa shape index (κ1) is 87.8. The predicted octanol–water partition coefficient (Wildman–Crippen LogP) is 27.2. The molecule has 0 saturated heterocycles. The Hall–Kier alpha value is -2.18. The zero-order valence-corrected chi connectivity index (χ0v) is 60.9. The van der Waals surface area contributed by atoms with E-state index in [1.165, 1.54) is 360 Å². The Morgan fingerprint density at radius 2 is 0.567 bits per heavy atom. The van der Waals surface area contributed by atoms with Gasteiger partial charge in [-0.05, 0) is 83.5 Å². The second-order valence-electron chi connectivity index (χ2n) is 28.1. The summed E-state index contributed by atoms with van der Waals surface area (Å²) in [4.78, 5) is 24.6. The van der Waals surface area contributed by atoms with Gasteiger partial charge in [0.2, 0.25) is 5.91 Å². The van der Waals surface area contributed by atoms with Crippen LogP contribution in [0.2, 0.25) is 0 Å². The summed E-state index contributed by atoms with van der Waals surface area (Å²) in [6, 6.07) is -0.540. The standard InChI is InChI=1S/C84H159NO5/c1-3-5-7-9-11-13-15-17-19-20-21-43-46-49-52-56-60-64-68-72-76-82(87)81(80-86)85-83(88)77-73-69-65-61-57-53-50-47-44-41-39-37-35-33-31-29-27-25-23-22-24-26-28-30-32-34-36-38-40-42-45-48-51-55-59-63-67-71-75-79-90-84(89)78-74-70-66-62-58-54-18-16-14-12-10-8-6-4-2/h10,12,16,18,22-23,26,28,81-82,86-87H,3-9,11,13-15,17,19-21,24-25,27,29-80H2,1-2H3,(H,85,88)/b12-10-,18-16-,23-22-,28-26-. The van der Waals surface area contributed by atoms with Gasteiger partial charge >= 0.3 is 5.97 Å². The highest BCUT2D eigenvalue weighted by Gasteiger charge is 2.20. The van der Waals surface area contributed by atoms with E-state index in [0.717, 1.165) is 57.8 Å². The Kier molecular flexibility index (Phi) is 77.3. The number of aliphatic hydroxyl groups is 2. The highest BCUT2D eigenvalue weighted by molar-refractivity contribution is 5.76. The van der Waals surface area contributed by atoms with Gasteiger partial charge in [-0.2, -0.15) is 0 Å². The monoisotopic (exact) mass is 1260 g/mol. The maximum absolute atomic E-state index is 12.6. The average Bonchev–Trinajstić information content (AvgIpc) is 3.68. The second kappa shape index (κ2) is 79.3. The Labute approximate surface area is 563 Å². The number of aliphatic hydroxyl groups excluding tert-OH is 2. The number of allylic oxidation sites excluding steroid dienone is 8. The molecule has 0 aliphatic rings. The quantitative estimate of drug-likeness (QED) is 0.0320. The van der Waals surface area contributed by atoms with Crippen LogP contribution in [0.4, 0.5) is 0 Å². The number of ether oxygens (including phenoxy) is 1. The molecule has 0 aromatic carbocycles. The van der Waals surface area contributed by atoms with Crippen molar-refractivity contribution in [2.75, 3.05) is 13.2 Å². The number of carbonyl (C=O) groups excluding carboxylic acids is 2. The Bertz CT molecular complexity index is 1500. The van der Waals surface area contributed by atoms with Crippen molar-refractivity contribution in [3.05, 3.63) is 48.6 Å². The molecule has 0 fully saturated rings. The highest BCUT2D eigenvalue weighted by Crippen LogP contribution is 2.20. The molecule has 0 radical (unpaired) electrons. The predicted molar refractivity (Wildman–Crippen MR) is 398 cm³/mol. The number of hydrogen-bond acceptors (Lipinski definition) is 5. The summed E-state index contributed by atoms with van der Waals surface area (Å²) in [7, 11) is 0. The van der Waals surface area contributed by atoms with E-state index in [1.54, 1.807) is 0 Å². The normalized spacial score (nSPS) is 12.7. The Balaban J connectivity index is 3.36. The molecule has 0 heterocycles. The molecule has 0 aliphatic carbocycles. The molecule has 0 saturated carbocycles. The molecule has 6 heteroatoms. The molecule has 1 amide bonds. The summed E-state index contributed by atoms with van der Waals surface area (Å²) in [6.07, 6.45) is 105. The van der Waals surface area contributed by atoms with Crippen LogP contribution >= 0.6 is 0 Å². The van der Waals surface area contributed by atoms with Crippen LogP contribution in [0.1, 0.15) is 450 Å². The molecule has 90 heavy (non-hydrogen) atoms. The largest absolute Gasteiger partial charge is 0.466 e. The summed E-state index contributed by atoms with van der Waals surface area (Å²) in [5.74, 6) is -0.0212. The highest BCUT2D eigenvalue weighted by atomic mass is 16.5. The fourth-order valence-electron chi connectivity index (χ4n) is 12.9. The molecule has 6 nitrogen and oxygen atoms in total. The molecule has 2 atom stereocenters. The van der Waals surface area contributed by atoms with E-state index in [1.807, 2.05) is 0 Å². The summed E-state index contributed by atoms with van der Waals surface area (Å²) >= 11 is 0. The molecule has 3 N–H and O–H groups in total. The lowest BCUT2D eigenvalue weighted by Gasteiger charge is -2.22. The fraction of sp³-hybridized carbons (Fsp3) is 0.881. The maximum Gasteiger partial charge on any atom is 0.305 e. The van der Waals surface area contributed by atoms with Gasteiger partial charge in [0.15, 0.2) is 0 Å². The smallest absolute Gasteiger partial charge is 0.305 e. The maximum atomic E-state index is 12.6. The van der Waals surface area contributed by atoms with Gasteiger partial charge < -0.3 is 20.3 Å². The van der Waals surface area contributed by atoms with E-state index in [2.05, 4.69) is 67.8 Å². The lowest BCUT2D eigenvalue weighted by molar-refractivity contribution is -0.143. The molecule has 0 aliphatic heterocycles. The van der Waals surface area contributed by atoms with Crippen molar-refractivity contribution in [3.8, 4) is 0 Å². The zero-order chi connectivity index (χ0) is 64.9. The number of amides is 1. The van der Waals surface area contributed by atoms with Crippen molar-refractivity contribution in [2.45, 2.75) is 463 Å². The lowest BCUT2D eigenvalue weighted by Crippen LogP contribution is -2.45. The number of nitrogens with one attached hydrogen (secondary N) is 1. The van der Waals surface area contributed by atoms with Crippen LogP contribution in [0, 0.1) is 0 Å². The van der Waals surface area contributed by atoms with Crippen molar-refractivity contribution in [3.63, 3.8) is 0 Å². The van der Waals surface area contributed by atoms with Gasteiger partial charge in [0.25, 0.3) is 0 Å². The van der Waals surface area contributed by atoms with Gasteiger partial charge in [-0.3, -0.25) is 9.59 Å². The van der Waals surface area contributed by atoms with Crippen molar-refractivity contribution in [1.82, 2.24) is 5.32 Å². The van der Waals surface area contributed by atoms with E-state index < -0.39 is 12.1 Å². The first-order valence-electron chi connectivity index (χ1n) is 40.9. The fourth-order valence-corrected chi connectivity index (χ4v) is 12.9. The van der Waals surface area contributed by atoms with Crippen molar-refractivity contribution in [2.24, 2.45) is 0 Å². The van der Waals surface area contributed by atoms with Crippen LogP contribution in [-0.2, 0) is 14.3 Å². The number of rotatable bonds is 77. The molecule has 530 valence electrons. The minimum atomic E-state index is -0.663. The molecule has 0 spiro atoms. The lowest BCUT2D eigenvalue weighted by atomic mass is 10.0. The van der Waals surface area contributed by atoms with Crippen molar-refractivity contribution >= 4 is 11.9 Å². The first-order valence-corrected chi connectivity index (χ1v) is 40.9. The summed E-state index contributed by atoms with van der Waals surface area (Å²) in [5.41, 5.74) is 0. The van der Waals surface area contributed by atoms with Crippen LogP contribution in [-0.4, -0.2) is 47.4 Å². The topological polar surface area (TPSA) is 95.9 Å². The second-order valence-corrected chi connectivity index (χ2v) is 28.1. The van der Waals surface area contributed by atoms with Gasteiger partial charge in [-0.25, -0.2) is 0 Å². The van der Waals surface area contributed by atoms with Crippen molar-refractivity contribution < 1.29 is 24.5 Å². The van der Waals surface area contributed by atoms with Gasteiger partial charge in [0.1, 0.15) is 0 Å². The number of esters is 1. The van der Waals surface area contributed by atoms with Crippen LogP contribution < -0.4 is 5.32 Å². The van der Waals surface area contributed by atoms with Crippen LogP contribution in [0.25, 0.3) is 0 Å². The summed E-state index contributed by atoms with van der Waals surface area (Å²) < 4.78 is 5.49. The SMILES string of the molecule is CCCC/C=C\C/C=C\CCCCCCCC(=O)OCCCCCCCCCCCCCCCCC/C=C\C/C=C\CCCCCCCCCCCCCCCCCCCC(=O)NC(CO)C(O)CCCCCCCCCCCCCCCCCCCCCC. The molecule has 0 rings (SSSR count). The minimum Gasteiger partial charge on any atom is -0.466 e. The Morgan fingerprint density at radius 1 is 0.311 bits per heavy atom. The zero-order valence-electron chi connectivity index (χ0n) is 60.9. The third-order valence-electron chi connectivity index (χ3n) is 19.1. The Morgan fingerprint density at radius 3 is 0.878 bits per heavy atom.